The summed E-state index contributed by atoms with van der Waals surface area (Å²) in [5.41, 5.74) is 1.78. The van der Waals surface area contributed by atoms with Crippen LogP contribution in [0.25, 0.3) is 0 Å². The molecule has 5 heteroatoms. The Hall–Kier alpha value is -1.07. The zero-order valence-electron chi connectivity index (χ0n) is 12.1. The van der Waals surface area contributed by atoms with Gasteiger partial charge in [-0.1, -0.05) is 27.7 Å². The van der Waals surface area contributed by atoms with Gasteiger partial charge in [0.15, 0.2) is 5.75 Å². The number of hydrogen-bond donors (Lipinski definition) is 2. The number of aromatic carboxylic acids is 1. The van der Waals surface area contributed by atoms with Gasteiger partial charge in [0, 0.05) is 0 Å². The number of carboxylic acid groups (broad SMARTS) is 1. The maximum Gasteiger partial charge on any atom is 0.339 e. The van der Waals surface area contributed by atoms with Crippen LogP contribution in [0.1, 0.15) is 62.0 Å². The molecule has 0 radical (unpaired) electrons. The monoisotopic (exact) mass is 342 g/mol. The Bertz CT molecular complexity index is 576. The average Bonchev–Trinajstić information content (AvgIpc) is 2.33. The molecule has 0 saturated heterocycles. The summed E-state index contributed by atoms with van der Waals surface area (Å²) in [6.45, 7) is 8.46. The van der Waals surface area contributed by atoms with Crippen molar-refractivity contribution < 1.29 is 20.0 Å². The predicted octanol–water partition coefficient (Wildman–Crippen LogP) is 4.35. The molecule has 20 heavy (non-hydrogen) atoms. The molecule has 0 saturated carbocycles. The van der Waals surface area contributed by atoms with Crippen molar-refractivity contribution >= 4 is 21.9 Å². The summed E-state index contributed by atoms with van der Waals surface area (Å²) in [5, 5.41) is 18.4. The molecule has 1 aromatic rings. The first-order valence-corrected chi connectivity index (χ1v) is 7.33. The minimum Gasteiger partial charge on any atom is -0.478 e. The van der Waals surface area contributed by atoms with Crippen molar-refractivity contribution in [2.45, 2.75) is 51.4 Å². The summed E-state index contributed by atoms with van der Waals surface area (Å²) < 4.78 is 0.535. The van der Waals surface area contributed by atoms with Gasteiger partial charge in [0.25, 0.3) is 0 Å². The molecule has 0 heterocycles. The molecular formula is C15H19BrO4. The Labute approximate surface area is 126 Å². The maximum absolute atomic E-state index is 11.4. The Balaban J connectivity index is 2.86. The standard InChI is InChI=1S/C15H19BrO4/c1-14(2)5-6-15(3,4)10-9(14)7-8(13(17)18)12(20-19)11(10)16/h7,19H,5-6H2,1-4H3,(H,17,18). The van der Waals surface area contributed by atoms with Crippen LogP contribution in [-0.4, -0.2) is 16.3 Å². The van der Waals surface area contributed by atoms with Gasteiger partial charge in [-0.2, -0.15) is 0 Å². The summed E-state index contributed by atoms with van der Waals surface area (Å²) in [6.07, 6.45) is 1.97. The average molecular weight is 343 g/mol. The van der Waals surface area contributed by atoms with E-state index in [0.717, 1.165) is 24.0 Å². The molecule has 0 atom stereocenters. The van der Waals surface area contributed by atoms with E-state index in [0.29, 0.717) is 4.47 Å². The van der Waals surface area contributed by atoms with E-state index in [4.69, 9.17) is 5.26 Å². The summed E-state index contributed by atoms with van der Waals surface area (Å²) >= 11 is 3.43. The van der Waals surface area contributed by atoms with E-state index in [1.807, 2.05) is 0 Å². The first-order chi connectivity index (χ1) is 9.12. The summed E-state index contributed by atoms with van der Waals surface area (Å²) in [7, 11) is 0. The molecule has 1 aliphatic carbocycles. The molecule has 0 unspecified atom stereocenters. The molecule has 4 nitrogen and oxygen atoms in total. The smallest absolute Gasteiger partial charge is 0.339 e. The number of carboxylic acids is 1. The van der Waals surface area contributed by atoms with E-state index in [1.165, 1.54) is 0 Å². The van der Waals surface area contributed by atoms with Crippen molar-refractivity contribution in [1.82, 2.24) is 0 Å². The van der Waals surface area contributed by atoms with Gasteiger partial charge in [0.1, 0.15) is 5.56 Å². The van der Waals surface area contributed by atoms with Crippen LogP contribution in [0.2, 0.25) is 0 Å². The number of benzene rings is 1. The highest BCUT2D eigenvalue weighted by Crippen LogP contribution is 2.51. The second-order valence-corrected chi connectivity index (χ2v) is 7.45. The fraction of sp³-hybridized carbons (Fsp3) is 0.533. The Morgan fingerprint density at radius 3 is 2.30 bits per heavy atom. The van der Waals surface area contributed by atoms with Crippen molar-refractivity contribution in [3.63, 3.8) is 0 Å². The van der Waals surface area contributed by atoms with Gasteiger partial charge in [-0.3, -0.25) is 0 Å². The molecule has 0 bridgehead atoms. The van der Waals surface area contributed by atoms with Crippen molar-refractivity contribution in [2.24, 2.45) is 0 Å². The fourth-order valence-corrected chi connectivity index (χ4v) is 4.00. The van der Waals surface area contributed by atoms with Crippen LogP contribution in [0.15, 0.2) is 10.5 Å². The minimum atomic E-state index is -1.11. The number of rotatable bonds is 2. The highest BCUT2D eigenvalue weighted by molar-refractivity contribution is 9.10. The molecule has 0 fully saturated rings. The fourth-order valence-electron chi connectivity index (χ4n) is 2.96. The molecule has 0 amide bonds. The highest BCUT2D eigenvalue weighted by atomic mass is 79.9. The van der Waals surface area contributed by atoms with E-state index < -0.39 is 5.97 Å². The quantitative estimate of drug-likeness (QED) is 0.619. The van der Waals surface area contributed by atoms with Crippen LogP contribution in [-0.2, 0) is 10.8 Å². The number of halogens is 1. The Morgan fingerprint density at radius 2 is 1.80 bits per heavy atom. The van der Waals surface area contributed by atoms with Gasteiger partial charge in [0.2, 0.25) is 0 Å². The Morgan fingerprint density at radius 1 is 1.25 bits per heavy atom. The van der Waals surface area contributed by atoms with Crippen LogP contribution >= 0.6 is 15.9 Å². The molecule has 0 aliphatic heterocycles. The van der Waals surface area contributed by atoms with E-state index in [2.05, 4.69) is 48.5 Å². The molecule has 0 spiro atoms. The summed E-state index contributed by atoms with van der Waals surface area (Å²) in [6, 6.07) is 1.63. The topological polar surface area (TPSA) is 66.8 Å². The second kappa shape index (κ2) is 4.74. The highest BCUT2D eigenvalue weighted by Gasteiger charge is 2.41. The third-order valence-electron chi connectivity index (χ3n) is 4.32. The minimum absolute atomic E-state index is 0.0242. The molecule has 1 aliphatic rings. The van der Waals surface area contributed by atoms with Crippen LogP contribution in [0.5, 0.6) is 5.75 Å². The molecule has 2 rings (SSSR count). The lowest BCUT2D eigenvalue weighted by atomic mass is 9.63. The molecule has 110 valence electrons. The predicted molar refractivity (Wildman–Crippen MR) is 79.6 cm³/mol. The van der Waals surface area contributed by atoms with Crippen LogP contribution in [0.4, 0.5) is 0 Å². The van der Waals surface area contributed by atoms with Gasteiger partial charge < -0.3 is 9.99 Å². The first kappa shape index (κ1) is 15.3. The largest absolute Gasteiger partial charge is 0.478 e. The third-order valence-corrected chi connectivity index (χ3v) is 5.08. The summed E-state index contributed by atoms with van der Waals surface area (Å²) in [5.74, 6) is -1.14. The molecule has 1 aromatic carbocycles. The van der Waals surface area contributed by atoms with E-state index in [1.54, 1.807) is 6.07 Å². The Kier molecular flexibility index (Phi) is 3.63. The van der Waals surface area contributed by atoms with E-state index in [-0.39, 0.29) is 22.1 Å². The van der Waals surface area contributed by atoms with Crippen molar-refractivity contribution in [3.05, 3.63) is 27.2 Å². The molecule has 2 N–H and O–H groups in total. The third kappa shape index (κ3) is 2.23. The van der Waals surface area contributed by atoms with Gasteiger partial charge in [-0.25, -0.2) is 10.1 Å². The van der Waals surface area contributed by atoms with E-state index in [9.17, 15) is 9.90 Å². The summed E-state index contributed by atoms with van der Waals surface area (Å²) in [4.78, 5) is 15.7. The van der Waals surface area contributed by atoms with Crippen LogP contribution < -0.4 is 4.89 Å². The maximum atomic E-state index is 11.4. The van der Waals surface area contributed by atoms with Crippen LogP contribution in [0, 0.1) is 0 Å². The lowest BCUT2D eigenvalue weighted by molar-refractivity contribution is -0.139. The zero-order valence-corrected chi connectivity index (χ0v) is 13.7. The first-order valence-electron chi connectivity index (χ1n) is 6.54. The van der Waals surface area contributed by atoms with Crippen LogP contribution in [0.3, 0.4) is 0 Å². The van der Waals surface area contributed by atoms with Gasteiger partial charge >= 0.3 is 5.97 Å². The second-order valence-electron chi connectivity index (χ2n) is 6.65. The lowest BCUT2D eigenvalue weighted by Crippen LogP contribution is -2.34. The molecule has 0 aromatic heterocycles. The van der Waals surface area contributed by atoms with Gasteiger partial charge in [0.05, 0.1) is 4.47 Å². The number of hydrogen-bond acceptors (Lipinski definition) is 3. The van der Waals surface area contributed by atoms with Crippen molar-refractivity contribution in [2.75, 3.05) is 0 Å². The SMILES string of the molecule is CC1(C)CCC(C)(C)c2c1cc(C(=O)O)c(OO)c2Br. The van der Waals surface area contributed by atoms with Gasteiger partial charge in [-0.05, 0) is 56.8 Å². The zero-order chi connectivity index (χ0) is 15.3. The lowest BCUT2D eigenvalue weighted by Gasteiger charge is -2.42. The molecular weight excluding hydrogens is 324 g/mol. The van der Waals surface area contributed by atoms with E-state index >= 15 is 0 Å². The number of fused-ring (bicyclic) bond motifs is 1. The van der Waals surface area contributed by atoms with Gasteiger partial charge in [-0.15, -0.1) is 0 Å². The van der Waals surface area contributed by atoms with Crippen molar-refractivity contribution in [3.8, 4) is 5.75 Å². The normalized spacial score (nSPS) is 19.3. The number of carbonyl (C=O) groups is 1. The van der Waals surface area contributed by atoms with Crippen molar-refractivity contribution in [1.29, 1.82) is 0 Å².